The summed E-state index contributed by atoms with van der Waals surface area (Å²) in [5, 5.41) is 0. The molecule has 0 aromatic heterocycles. The fraction of sp³-hybridized carbons (Fsp3) is 0.400. The Morgan fingerprint density at radius 3 is 1.22 bits per heavy atom. The normalized spacial score (nSPS) is 16.6. The van der Waals surface area contributed by atoms with Gasteiger partial charge in [0, 0.05) is 0 Å². The van der Waals surface area contributed by atoms with Gasteiger partial charge >= 0.3 is 51.4 Å². The zero-order valence-electron chi connectivity index (χ0n) is 16.7. The molecule has 0 fully saturated rings. The molecule has 0 N–H and O–H groups in total. The van der Waals surface area contributed by atoms with Crippen molar-refractivity contribution in [2.75, 3.05) is 52.9 Å². The van der Waals surface area contributed by atoms with Crippen molar-refractivity contribution in [1.29, 1.82) is 0 Å². The molecule has 2 aromatic carbocycles. The molecular weight excluding hydrogens is 375 g/mol. The van der Waals surface area contributed by atoms with Crippen LogP contribution in [0.15, 0.2) is 48.5 Å². The maximum absolute atomic E-state index is 6.04. The van der Waals surface area contributed by atoms with Gasteiger partial charge in [0.25, 0.3) is 0 Å². The zero-order chi connectivity index (χ0) is 17.9. The van der Waals surface area contributed by atoms with Crippen molar-refractivity contribution < 1.29 is 81.2 Å². The van der Waals surface area contributed by atoms with Crippen molar-refractivity contribution in [3.05, 3.63) is 48.5 Å². The zero-order valence-corrected chi connectivity index (χ0v) is 18.8. The van der Waals surface area contributed by atoms with Gasteiger partial charge in [-0.1, -0.05) is 24.3 Å². The SMILES string of the molecule is [H-].[K+].c1ccc2c(c1)OCCOCCOCCOCCOc1ccccc1O2. The van der Waals surface area contributed by atoms with Gasteiger partial charge in [0.05, 0.1) is 39.6 Å². The quantitative estimate of drug-likeness (QED) is 0.598. The van der Waals surface area contributed by atoms with Crippen molar-refractivity contribution in [1.82, 2.24) is 0 Å². The van der Waals surface area contributed by atoms with E-state index in [1.54, 1.807) is 0 Å². The molecule has 142 valence electrons. The summed E-state index contributed by atoms with van der Waals surface area (Å²) in [5.74, 6) is 2.58. The number of para-hydroxylation sites is 4. The summed E-state index contributed by atoms with van der Waals surface area (Å²) in [5.41, 5.74) is 0. The van der Waals surface area contributed by atoms with E-state index in [2.05, 4.69) is 0 Å². The van der Waals surface area contributed by atoms with E-state index in [9.17, 15) is 0 Å². The van der Waals surface area contributed by atoms with Gasteiger partial charge in [0.2, 0.25) is 0 Å². The van der Waals surface area contributed by atoms with E-state index in [0.717, 1.165) is 0 Å². The van der Waals surface area contributed by atoms with Gasteiger partial charge in [-0.25, -0.2) is 0 Å². The first-order valence-electron chi connectivity index (χ1n) is 8.78. The topological polar surface area (TPSA) is 55.4 Å². The summed E-state index contributed by atoms with van der Waals surface area (Å²) in [6, 6.07) is 15.1. The summed E-state index contributed by atoms with van der Waals surface area (Å²) in [7, 11) is 0. The number of ether oxygens (including phenoxy) is 6. The fourth-order valence-electron chi connectivity index (χ4n) is 2.39. The molecule has 0 saturated carbocycles. The van der Waals surface area contributed by atoms with E-state index >= 15 is 0 Å². The minimum Gasteiger partial charge on any atom is -1.00 e. The Morgan fingerprint density at radius 2 is 0.815 bits per heavy atom. The minimum atomic E-state index is 0. The molecule has 3 rings (SSSR count). The molecule has 0 amide bonds. The summed E-state index contributed by atoms with van der Waals surface area (Å²) in [6.07, 6.45) is 0. The van der Waals surface area contributed by atoms with Crippen molar-refractivity contribution >= 4 is 0 Å². The Bertz CT molecular complexity index is 617. The van der Waals surface area contributed by atoms with Crippen LogP contribution in [0.4, 0.5) is 0 Å². The van der Waals surface area contributed by atoms with Crippen LogP contribution < -0.4 is 65.6 Å². The number of hydrogen-bond donors (Lipinski definition) is 0. The van der Waals surface area contributed by atoms with Gasteiger partial charge in [-0.2, -0.15) is 0 Å². The molecule has 0 radical (unpaired) electrons. The third-order valence-electron chi connectivity index (χ3n) is 3.63. The molecule has 1 aliphatic heterocycles. The van der Waals surface area contributed by atoms with Crippen LogP contribution in [0.5, 0.6) is 23.0 Å². The van der Waals surface area contributed by atoms with Crippen molar-refractivity contribution in [2.45, 2.75) is 0 Å². The number of rotatable bonds is 0. The van der Waals surface area contributed by atoms with Crippen LogP contribution in [-0.4, -0.2) is 52.9 Å². The first kappa shape index (κ1) is 22.6. The van der Waals surface area contributed by atoms with E-state index < -0.39 is 0 Å². The molecule has 0 atom stereocenters. The molecule has 0 saturated heterocycles. The molecular formula is C20H25KO6. The van der Waals surface area contributed by atoms with Crippen LogP contribution in [0.25, 0.3) is 0 Å². The van der Waals surface area contributed by atoms with Crippen LogP contribution in [0, 0.1) is 0 Å². The first-order valence-corrected chi connectivity index (χ1v) is 8.78. The Kier molecular flexibility index (Phi) is 11.3. The molecule has 1 heterocycles. The molecule has 0 aliphatic carbocycles. The summed E-state index contributed by atoms with van der Waals surface area (Å²) in [6.45, 7) is 3.95. The standard InChI is InChI=1S/C20H24O6.K.H/c1-3-7-19-17(5-1)24-15-13-22-11-9-21-10-12-23-14-16-25-18-6-2-4-8-20(18)26-19;;/h1-8H,9-16H2;;/q;+1;-1. The van der Waals surface area contributed by atoms with Gasteiger partial charge < -0.3 is 29.8 Å². The molecule has 7 heteroatoms. The first-order chi connectivity index (χ1) is 12.9. The maximum atomic E-state index is 6.04. The monoisotopic (exact) mass is 400 g/mol. The largest absolute Gasteiger partial charge is 1.00 e. The molecule has 6 nitrogen and oxygen atoms in total. The molecule has 2 aromatic rings. The summed E-state index contributed by atoms with van der Waals surface area (Å²) in [4.78, 5) is 0. The van der Waals surface area contributed by atoms with E-state index in [1.165, 1.54) is 0 Å². The number of benzene rings is 2. The van der Waals surface area contributed by atoms with Crippen LogP contribution >= 0.6 is 0 Å². The van der Waals surface area contributed by atoms with Crippen LogP contribution in [0.1, 0.15) is 1.43 Å². The smallest absolute Gasteiger partial charge is 1.00 e. The second-order valence-electron chi connectivity index (χ2n) is 5.53. The Labute approximate surface area is 203 Å². The van der Waals surface area contributed by atoms with Crippen molar-refractivity contribution in [3.63, 3.8) is 0 Å². The van der Waals surface area contributed by atoms with Gasteiger partial charge in [0.15, 0.2) is 23.0 Å². The van der Waals surface area contributed by atoms with Crippen LogP contribution in [0.3, 0.4) is 0 Å². The minimum absolute atomic E-state index is 0. The second-order valence-corrected chi connectivity index (χ2v) is 5.53. The van der Waals surface area contributed by atoms with Gasteiger partial charge in [-0.15, -0.1) is 0 Å². The average molecular weight is 401 g/mol. The van der Waals surface area contributed by atoms with Gasteiger partial charge in [-0.3, -0.25) is 0 Å². The fourth-order valence-corrected chi connectivity index (χ4v) is 2.39. The summed E-state index contributed by atoms with van der Waals surface area (Å²) >= 11 is 0. The number of fused-ring (bicyclic) bond motifs is 2. The third-order valence-corrected chi connectivity index (χ3v) is 3.63. The predicted molar refractivity (Wildman–Crippen MR) is 97.5 cm³/mol. The van der Waals surface area contributed by atoms with Gasteiger partial charge in [-0.05, 0) is 24.3 Å². The molecule has 0 bridgehead atoms. The molecule has 0 spiro atoms. The van der Waals surface area contributed by atoms with Gasteiger partial charge in [0.1, 0.15) is 13.2 Å². The summed E-state index contributed by atoms with van der Waals surface area (Å²) < 4.78 is 34.1. The van der Waals surface area contributed by atoms with E-state index in [1.807, 2.05) is 48.5 Å². The van der Waals surface area contributed by atoms with Crippen LogP contribution in [0.2, 0.25) is 0 Å². The number of hydrogen-bond acceptors (Lipinski definition) is 6. The van der Waals surface area contributed by atoms with E-state index in [4.69, 9.17) is 28.4 Å². The maximum Gasteiger partial charge on any atom is 1.00 e. The van der Waals surface area contributed by atoms with Crippen molar-refractivity contribution in [3.8, 4) is 23.0 Å². The Balaban J connectivity index is 0.00000196. The molecule has 27 heavy (non-hydrogen) atoms. The van der Waals surface area contributed by atoms with E-state index in [0.29, 0.717) is 75.9 Å². The Hall–Kier alpha value is -0.644. The van der Waals surface area contributed by atoms with Crippen LogP contribution in [-0.2, 0) is 14.2 Å². The third kappa shape index (κ3) is 8.09. The Morgan fingerprint density at radius 1 is 0.481 bits per heavy atom. The average Bonchev–Trinajstić information content (AvgIpc) is 2.67. The second kappa shape index (κ2) is 13.5. The molecule has 0 unspecified atom stereocenters. The van der Waals surface area contributed by atoms with E-state index in [-0.39, 0.29) is 52.8 Å². The predicted octanol–water partition coefficient (Wildman–Crippen LogP) is 0.416. The molecule has 1 aliphatic rings. The van der Waals surface area contributed by atoms with Crippen molar-refractivity contribution in [2.24, 2.45) is 0 Å².